The van der Waals surface area contributed by atoms with Crippen molar-refractivity contribution >= 4 is 11.6 Å². The fourth-order valence-corrected chi connectivity index (χ4v) is 5.33. The molecule has 3 aliphatic rings. The predicted molar refractivity (Wildman–Crippen MR) is 103 cm³/mol. The van der Waals surface area contributed by atoms with Crippen molar-refractivity contribution in [2.24, 2.45) is 5.92 Å². The summed E-state index contributed by atoms with van der Waals surface area (Å²) in [6.07, 6.45) is 11.3. The monoisotopic (exact) mass is 338 g/mol. The number of carbonyl (C=O) groups is 1. The van der Waals surface area contributed by atoms with Crippen molar-refractivity contribution in [2.75, 3.05) is 18.0 Å². The summed E-state index contributed by atoms with van der Waals surface area (Å²) in [6, 6.07) is 9.95. The van der Waals surface area contributed by atoms with Crippen LogP contribution in [0, 0.1) is 5.92 Å². The first-order chi connectivity index (χ1) is 12.3. The fourth-order valence-electron chi connectivity index (χ4n) is 5.33. The van der Waals surface area contributed by atoms with E-state index in [-0.39, 0.29) is 0 Å². The van der Waals surface area contributed by atoms with Crippen LogP contribution in [0.15, 0.2) is 36.9 Å². The van der Waals surface area contributed by atoms with Crippen LogP contribution in [0.5, 0.6) is 0 Å². The van der Waals surface area contributed by atoms with E-state index in [1.54, 1.807) is 0 Å². The van der Waals surface area contributed by atoms with Crippen LogP contribution in [0.3, 0.4) is 0 Å². The summed E-state index contributed by atoms with van der Waals surface area (Å²) >= 11 is 0. The molecule has 134 valence electrons. The van der Waals surface area contributed by atoms with Gasteiger partial charge in [0.2, 0.25) is 5.91 Å². The molecule has 0 aromatic heterocycles. The van der Waals surface area contributed by atoms with Crippen LogP contribution < -0.4 is 4.90 Å². The number of rotatable bonds is 6. The van der Waals surface area contributed by atoms with Crippen molar-refractivity contribution in [1.82, 2.24) is 4.90 Å². The zero-order chi connectivity index (χ0) is 17.2. The van der Waals surface area contributed by atoms with Gasteiger partial charge < -0.3 is 4.90 Å². The quantitative estimate of drug-likeness (QED) is 0.727. The Morgan fingerprint density at radius 1 is 1.08 bits per heavy atom. The molecular weight excluding hydrogens is 308 g/mol. The molecule has 2 fully saturated rings. The first kappa shape index (κ1) is 16.8. The molecule has 1 aromatic carbocycles. The molecular formula is C22H30N2O. The number of benzene rings is 1. The average molecular weight is 338 g/mol. The fraction of sp³-hybridized carbons (Fsp3) is 0.591. The number of hydrogen-bond acceptors (Lipinski definition) is 2. The molecule has 2 atom stereocenters. The topological polar surface area (TPSA) is 23.6 Å². The third-order valence-corrected chi connectivity index (χ3v) is 6.47. The lowest BCUT2D eigenvalue weighted by Crippen LogP contribution is -2.44. The van der Waals surface area contributed by atoms with Gasteiger partial charge >= 0.3 is 0 Å². The lowest BCUT2D eigenvalue weighted by Gasteiger charge is -2.39. The highest BCUT2D eigenvalue weighted by Gasteiger charge is 2.39. The first-order valence-corrected chi connectivity index (χ1v) is 10.0. The minimum atomic E-state index is 0.298. The molecule has 0 aliphatic carbocycles. The molecule has 3 nitrogen and oxygen atoms in total. The molecule has 3 heterocycles. The van der Waals surface area contributed by atoms with Crippen molar-refractivity contribution in [1.29, 1.82) is 0 Å². The number of carbonyl (C=O) groups excluding carboxylic acids is 1. The number of piperidine rings is 1. The SMILES string of the molecule is C=CCC1CC2CCC(C1)N2CCCN1C(=O)CCc2ccccc21. The molecule has 1 aromatic rings. The van der Waals surface area contributed by atoms with E-state index in [2.05, 4.69) is 41.8 Å². The lowest BCUT2D eigenvalue weighted by atomic mass is 9.88. The van der Waals surface area contributed by atoms with Crippen LogP contribution in [0.25, 0.3) is 0 Å². The van der Waals surface area contributed by atoms with E-state index < -0.39 is 0 Å². The van der Waals surface area contributed by atoms with Gasteiger partial charge in [-0.1, -0.05) is 24.3 Å². The molecule has 2 bridgehead atoms. The van der Waals surface area contributed by atoms with E-state index in [0.29, 0.717) is 12.3 Å². The second-order valence-electron chi connectivity index (χ2n) is 8.01. The van der Waals surface area contributed by atoms with Crippen LogP contribution in [0.1, 0.15) is 50.5 Å². The van der Waals surface area contributed by atoms with Gasteiger partial charge in [0.05, 0.1) is 0 Å². The van der Waals surface area contributed by atoms with Crippen molar-refractivity contribution in [3.05, 3.63) is 42.5 Å². The van der Waals surface area contributed by atoms with Crippen LogP contribution in [0.4, 0.5) is 5.69 Å². The maximum atomic E-state index is 12.4. The summed E-state index contributed by atoms with van der Waals surface area (Å²) in [5.41, 5.74) is 2.47. The average Bonchev–Trinajstić information content (AvgIpc) is 2.86. The Hall–Kier alpha value is -1.61. The summed E-state index contributed by atoms with van der Waals surface area (Å²) in [5, 5.41) is 0. The molecule has 4 rings (SSSR count). The zero-order valence-corrected chi connectivity index (χ0v) is 15.2. The van der Waals surface area contributed by atoms with E-state index >= 15 is 0 Å². The number of fused-ring (bicyclic) bond motifs is 3. The summed E-state index contributed by atoms with van der Waals surface area (Å²) in [4.78, 5) is 17.2. The molecule has 2 unspecified atom stereocenters. The molecule has 0 radical (unpaired) electrons. The van der Waals surface area contributed by atoms with E-state index in [9.17, 15) is 4.79 Å². The maximum absolute atomic E-state index is 12.4. The highest BCUT2D eigenvalue weighted by atomic mass is 16.2. The number of aryl methyl sites for hydroxylation is 1. The number of allylic oxidation sites excluding steroid dienone is 1. The minimum absolute atomic E-state index is 0.298. The molecule has 25 heavy (non-hydrogen) atoms. The highest BCUT2D eigenvalue weighted by molar-refractivity contribution is 5.96. The second kappa shape index (κ2) is 7.33. The molecule has 2 saturated heterocycles. The zero-order valence-electron chi connectivity index (χ0n) is 15.2. The van der Waals surface area contributed by atoms with Crippen molar-refractivity contribution in [2.45, 2.75) is 63.5 Å². The standard InChI is InChI=1S/C22H30N2O/c1-2-6-17-15-19-10-11-20(16-17)23(19)13-5-14-24-21-8-4-3-7-18(21)9-12-22(24)25/h2-4,7-8,17,19-20H,1,5-6,9-16H2. The van der Waals surface area contributed by atoms with Crippen LogP contribution in [-0.4, -0.2) is 36.0 Å². The van der Waals surface area contributed by atoms with Crippen molar-refractivity contribution in [3.8, 4) is 0 Å². The molecule has 0 saturated carbocycles. The number of anilines is 1. The summed E-state index contributed by atoms with van der Waals surface area (Å²) in [5.74, 6) is 1.15. The summed E-state index contributed by atoms with van der Waals surface area (Å²) in [6.45, 7) is 5.92. The van der Waals surface area contributed by atoms with Gasteiger partial charge in [-0.05, 0) is 62.5 Å². The van der Waals surface area contributed by atoms with Crippen LogP contribution in [0.2, 0.25) is 0 Å². The Morgan fingerprint density at radius 2 is 1.84 bits per heavy atom. The van der Waals surface area contributed by atoms with Crippen LogP contribution in [-0.2, 0) is 11.2 Å². The predicted octanol–water partition coefficient (Wildman–Crippen LogP) is 4.18. The first-order valence-electron chi connectivity index (χ1n) is 10.0. The smallest absolute Gasteiger partial charge is 0.227 e. The Labute approximate surface area is 151 Å². The number of nitrogens with zero attached hydrogens (tertiary/aromatic N) is 2. The largest absolute Gasteiger partial charge is 0.312 e. The van der Waals surface area contributed by atoms with Gasteiger partial charge in [0.1, 0.15) is 0 Å². The van der Waals surface area contributed by atoms with Gasteiger partial charge in [0.25, 0.3) is 0 Å². The second-order valence-corrected chi connectivity index (χ2v) is 8.01. The molecule has 1 amide bonds. The molecule has 0 spiro atoms. The third kappa shape index (κ3) is 3.39. The van der Waals surface area contributed by atoms with Crippen molar-refractivity contribution < 1.29 is 4.79 Å². The highest BCUT2D eigenvalue weighted by Crippen LogP contribution is 2.40. The van der Waals surface area contributed by atoms with E-state index in [0.717, 1.165) is 49.6 Å². The summed E-state index contributed by atoms with van der Waals surface area (Å²) < 4.78 is 0. The van der Waals surface area contributed by atoms with Gasteiger partial charge in [0.15, 0.2) is 0 Å². The van der Waals surface area contributed by atoms with Crippen LogP contribution >= 0.6 is 0 Å². The number of amides is 1. The van der Waals surface area contributed by atoms with Gasteiger partial charge in [0, 0.05) is 37.3 Å². The third-order valence-electron chi connectivity index (χ3n) is 6.47. The van der Waals surface area contributed by atoms with Gasteiger partial charge in [-0.15, -0.1) is 6.58 Å². The summed E-state index contributed by atoms with van der Waals surface area (Å²) in [7, 11) is 0. The number of para-hydroxylation sites is 1. The normalized spacial score (nSPS) is 28.9. The Morgan fingerprint density at radius 3 is 2.60 bits per heavy atom. The molecule has 3 aliphatic heterocycles. The van der Waals surface area contributed by atoms with Gasteiger partial charge in [-0.25, -0.2) is 0 Å². The molecule has 3 heteroatoms. The van der Waals surface area contributed by atoms with Gasteiger partial charge in [-0.3, -0.25) is 9.69 Å². The Balaban J connectivity index is 1.34. The van der Waals surface area contributed by atoms with Gasteiger partial charge in [-0.2, -0.15) is 0 Å². The Bertz CT molecular complexity index is 627. The minimum Gasteiger partial charge on any atom is -0.312 e. The Kier molecular flexibility index (Phi) is 4.93. The maximum Gasteiger partial charge on any atom is 0.227 e. The lowest BCUT2D eigenvalue weighted by molar-refractivity contribution is -0.118. The molecule has 0 N–H and O–H groups in total. The van der Waals surface area contributed by atoms with E-state index in [4.69, 9.17) is 0 Å². The van der Waals surface area contributed by atoms with E-state index in [1.807, 2.05) is 4.90 Å². The van der Waals surface area contributed by atoms with E-state index in [1.165, 1.54) is 37.7 Å². The number of hydrogen-bond donors (Lipinski definition) is 0. The van der Waals surface area contributed by atoms with Crippen molar-refractivity contribution in [3.63, 3.8) is 0 Å².